The van der Waals surface area contributed by atoms with Crippen LogP contribution in [0.5, 0.6) is 0 Å². The van der Waals surface area contributed by atoms with Crippen LogP contribution in [0.3, 0.4) is 0 Å². The maximum absolute atomic E-state index is 10.5. The summed E-state index contributed by atoms with van der Waals surface area (Å²) >= 11 is 5.32. The number of hydrogen-bond acceptors (Lipinski definition) is 3. The second-order valence-corrected chi connectivity index (χ2v) is 4.16. The first kappa shape index (κ1) is 13.3. The zero-order valence-corrected chi connectivity index (χ0v) is 10.1. The van der Waals surface area contributed by atoms with Crippen molar-refractivity contribution in [2.45, 2.75) is 19.3 Å². The van der Waals surface area contributed by atoms with Gasteiger partial charge in [-0.25, -0.2) is 0 Å². The van der Waals surface area contributed by atoms with E-state index < -0.39 is 5.97 Å². The minimum Gasteiger partial charge on any atom is -0.481 e. The van der Waals surface area contributed by atoms with Crippen molar-refractivity contribution in [3.63, 3.8) is 0 Å². The summed E-state index contributed by atoms with van der Waals surface area (Å²) in [6.45, 7) is 0. The summed E-state index contributed by atoms with van der Waals surface area (Å²) in [5.41, 5.74) is 0.896. The van der Waals surface area contributed by atoms with Gasteiger partial charge in [0, 0.05) is 23.6 Å². The van der Waals surface area contributed by atoms with Gasteiger partial charge in [0.05, 0.1) is 6.07 Å². The van der Waals surface area contributed by atoms with Gasteiger partial charge in [-0.1, -0.05) is 42.5 Å². The van der Waals surface area contributed by atoms with E-state index >= 15 is 0 Å². The number of carboxylic acid groups (broad SMARTS) is 1. The number of hydrogen-bond donors (Lipinski definition) is 1. The number of thiocarbonyl (C=S) groups is 1. The van der Waals surface area contributed by atoms with Crippen molar-refractivity contribution in [3.05, 3.63) is 35.9 Å². The second kappa shape index (κ2) is 6.77. The average molecular weight is 247 g/mol. The molecule has 0 fully saturated rings. The van der Waals surface area contributed by atoms with E-state index in [1.54, 1.807) is 0 Å². The molecule has 4 heteroatoms. The maximum atomic E-state index is 10.5. The molecule has 3 nitrogen and oxygen atoms in total. The fraction of sp³-hybridized carbons (Fsp3) is 0.308. The predicted octanol–water partition coefficient (Wildman–Crippen LogP) is 2.80. The van der Waals surface area contributed by atoms with E-state index in [9.17, 15) is 4.79 Å². The molecule has 1 rings (SSSR count). The highest BCUT2D eigenvalue weighted by Gasteiger charge is 2.17. The Morgan fingerprint density at radius 2 is 2.06 bits per heavy atom. The highest BCUT2D eigenvalue weighted by atomic mass is 32.1. The van der Waals surface area contributed by atoms with Crippen LogP contribution in [-0.2, 0) is 4.79 Å². The van der Waals surface area contributed by atoms with E-state index in [1.807, 2.05) is 30.3 Å². The number of benzene rings is 1. The minimum absolute atomic E-state index is 0.0410. The van der Waals surface area contributed by atoms with Gasteiger partial charge < -0.3 is 5.11 Å². The van der Waals surface area contributed by atoms with Gasteiger partial charge in [-0.3, -0.25) is 4.79 Å². The number of nitriles is 1. The number of nitrogens with zero attached hydrogens (tertiary/aromatic N) is 1. The van der Waals surface area contributed by atoms with Gasteiger partial charge in [0.1, 0.15) is 0 Å². The largest absolute Gasteiger partial charge is 0.481 e. The number of rotatable bonds is 6. The highest BCUT2D eigenvalue weighted by molar-refractivity contribution is 7.80. The fourth-order valence-corrected chi connectivity index (χ4v) is 1.91. The highest BCUT2D eigenvalue weighted by Crippen LogP contribution is 2.18. The Morgan fingerprint density at radius 1 is 1.41 bits per heavy atom. The summed E-state index contributed by atoms with van der Waals surface area (Å²) in [6.07, 6.45) is 0.719. The number of carbonyl (C=O) groups is 1. The van der Waals surface area contributed by atoms with Crippen molar-refractivity contribution < 1.29 is 9.90 Å². The molecule has 88 valence electrons. The van der Waals surface area contributed by atoms with Crippen molar-refractivity contribution >= 4 is 23.1 Å². The normalized spacial score (nSPS) is 11.5. The maximum Gasteiger partial charge on any atom is 0.303 e. The van der Waals surface area contributed by atoms with E-state index in [2.05, 4.69) is 6.07 Å². The third-order valence-corrected chi connectivity index (χ3v) is 3.04. The van der Waals surface area contributed by atoms with Gasteiger partial charge in [0.25, 0.3) is 0 Å². The molecule has 1 aromatic rings. The van der Waals surface area contributed by atoms with Crippen molar-refractivity contribution in [2.24, 2.45) is 5.92 Å². The van der Waals surface area contributed by atoms with Gasteiger partial charge in [-0.15, -0.1) is 0 Å². The smallest absolute Gasteiger partial charge is 0.303 e. The van der Waals surface area contributed by atoms with E-state index in [4.69, 9.17) is 22.6 Å². The first-order valence-corrected chi connectivity index (χ1v) is 5.74. The van der Waals surface area contributed by atoms with Gasteiger partial charge in [-0.2, -0.15) is 5.26 Å². The van der Waals surface area contributed by atoms with Gasteiger partial charge in [0.15, 0.2) is 0 Å². The van der Waals surface area contributed by atoms with Crippen molar-refractivity contribution in [3.8, 4) is 6.07 Å². The summed E-state index contributed by atoms with van der Waals surface area (Å²) in [4.78, 5) is 11.2. The molecule has 0 bridgehead atoms. The summed E-state index contributed by atoms with van der Waals surface area (Å²) < 4.78 is 0. The molecular formula is C13H13NO2S. The topological polar surface area (TPSA) is 61.1 Å². The first-order valence-electron chi connectivity index (χ1n) is 5.33. The zero-order valence-electron chi connectivity index (χ0n) is 9.30. The molecule has 0 aliphatic rings. The van der Waals surface area contributed by atoms with E-state index in [1.165, 1.54) is 0 Å². The summed E-state index contributed by atoms with van der Waals surface area (Å²) in [5.74, 6) is -1.02. The van der Waals surface area contributed by atoms with E-state index in [0.29, 0.717) is 11.3 Å². The molecule has 0 aromatic heterocycles. The third kappa shape index (κ3) is 4.33. The Morgan fingerprint density at radius 3 is 2.59 bits per heavy atom. The van der Waals surface area contributed by atoms with Crippen LogP contribution in [-0.4, -0.2) is 15.9 Å². The molecular weight excluding hydrogens is 234 g/mol. The van der Waals surface area contributed by atoms with Gasteiger partial charge in [-0.05, 0) is 12.0 Å². The molecule has 0 radical (unpaired) electrons. The minimum atomic E-state index is -0.858. The van der Waals surface area contributed by atoms with Crippen LogP contribution < -0.4 is 0 Å². The Kier molecular flexibility index (Phi) is 5.31. The molecule has 0 amide bonds. The Balaban J connectivity index is 2.74. The van der Waals surface area contributed by atoms with Crippen LogP contribution in [0.15, 0.2) is 30.3 Å². The Hall–Kier alpha value is -1.73. The lowest BCUT2D eigenvalue weighted by Gasteiger charge is -2.14. The third-order valence-electron chi connectivity index (χ3n) is 2.47. The van der Waals surface area contributed by atoms with E-state index in [0.717, 1.165) is 5.56 Å². The van der Waals surface area contributed by atoms with Gasteiger partial charge >= 0.3 is 5.97 Å². The summed E-state index contributed by atoms with van der Waals surface area (Å²) in [7, 11) is 0. The summed E-state index contributed by atoms with van der Waals surface area (Å²) in [6, 6.07) is 11.5. The SMILES string of the molecule is N#CCC(CCC(=O)O)C(=S)c1ccccc1. The average Bonchev–Trinajstić information content (AvgIpc) is 2.34. The van der Waals surface area contributed by atoms with Crippen LogP contribution in [0.4, 0.5) is 0 Å². The lowest BCUT2D eigenvalue weighted by molar-refractivity contribution is -0.137. The van der Waals surface area contributed by atoms with Crippen LogP contribution in [0.1, 0.15) is 24.8 Å². The van der Waals surface area contributed by atoms with Crippen molar-refractivity contribution in [1.82, 2.24) is 0 Å². The lowest BCUT2D eigenvalue weighted by Crippen LogP contribution is -2.14. The lowest BCUT2D eigenvalue weighted by atomic mass is 9.92. The van der Waals surface area contributed by atoms with Crippen LogP contribution in [0.25, 0.3) is 0 Å². The molecule has 0 aliphatic heterocycles. The fourth-order valence-electron chi connectivity index (χ4n) is 1.57. The summed E-state index contributed by atoms with van der Waals surface area (Å²) in [5, 5.41) is 17.4. The van der Waals surface area contributed by atoms with Crippen molar-refractivity contribution in [2.75, 3.05) is 0 Å². The Labute approximate surface area is 106 Å². The zero-order chi connectivity index (χ0) is 12.7. The van der Waals surface area contributed by atoms with Gasteiger partial charge in [0.2, 0.25) is 0 Å². The molecule has 0 heterocycles. The molecule has 17 heavy (non-hydrogen) atoms. The quantitative estimate of drug-likeness (QED) is 0.620. The molecule has 0 spiro atoms. The molecule has 1 unspecified atom stereocenters. The molecule has 0 saturated carbocycles. The standard InChI is InChI=1S/C13H13NO2S/c14-9-8-11(6-7-12(15)16)13(17)10-4-2-1-3-5-10/h1-5,11H,6-8H2,(H,15,16). The monoisotopic (exact) mass is 247 g/mol. The molecule has 1 N–H and O–H groups in total. The number of carboxylic acids is 1. The number of aliphatic carboxylic acids is 1. The molecule has 0 aliphatic carbocycles. The van der Waals surface area contributed by atoms with Crippen LogP contribution >= 0.6 is 12.2 Å². The first-order chi connectivity index (χ1) is 8.15. The molecule has 0 saturated heterocycles. The van der Waals surface area contributed by atoms with E-state index in [-0.39, 0.29) is 18.8 Å². The predicted molar refractivity (Wildman–Crippen MR) is 68.7 cm³/mol. The van der Waals surface area contributed by atoms with Crippen LogP contribution in [0.2, 0.25) is 0 Å². The molecule has 1 atom stereocenters. The second-order valence-electron chi connectivity index (χ2n) is 3.72. The van der Waals surface area contributed by atoms with Crippen molar-refractivity contribution in [1.29, 1.82) is 5.26 Å². The van der Waals surface area contributed by atoms with Crippen LogP contribution in [0, 0.1) is 17.2 Å². The molecule has 1 aromatic carbocycles. The Bertz CT molecular complexity index is 436.